The molecule has 0 saturated heterocycles. The Kier molecular flexibility index (Phi) is 4.92. The van der Waals surface area contributed by atoms with E-state index in [0.29, 0.717) is 11.3 Å². The number of fused-ring (bicyclic) bond motifs is 2. The van der Waals surface area contributed by atoms with Gasteiger partial charge in [0.1, 0.15) is 6.54 Å². The van der Waals surface area contributed by atoms with Crippen molar-refractivity contribution in [1.29, 1.82) is 0 Å². The number of carboxylic acids is 1. The molecule has 1 atom stereocenters. The van der Waals surface area contributed by atoms with E-state index in [1.807, 2.05) is 55.6 Å². The second-order valence-electron chi connectivity index (χ2n) is 7.84. The largest absolute Gasteiger partial charge is 0.480 e. The quantitative estimate of drug-likeness (QED) is 0.477. The van der Waals surface area contributed by atoms with Gasteiger partial charge in [-0.05, 0) is 31.5 Å². The first kappa shape index (κ1) is 20.9. The van der Waals surface area contributed by atoms with E-state index in [1.165, 1.54) is 15.6 Å². The molecule has 1 aliphatic rings. The molecule has 0 spiro atoms. The third-order valence-electron chi connectivity index (χ3n) is 5.92. The second kappa shape index (κ2) is 7.54. The maximum Gasteiger partial charge on any atom is 0.323 e. The molecule has 0 fully saturated rings. The summed E-state index contributed by atoms with van der Waals surface area (Å²) in [5.41, 5.74) is 3.71. The van der Waals surface area contributed by atoms with E-state index in [1.54, 1.807) is 16.7 Å². The molecule has 2 aromatic heterocycles. The van der Waals surface area contributed by atoms with Gasteiger partial charge in [0.2, 0.25) is 10.0 Å². The summed E-state index contributed by atoms with van der Waals surface area (Å²) in [5.74, 6) is -0.949. The number of aromatic nitrogens is 2. The molecule has 0 radical (unpaired) electrons. The molecule has 5 rings (SSSR count). The lowest BCUT2D eigenvalue weighted by Gasteiger charge is -2.24. The van der Waals surface area contributed by atoms with Crippen molar-refractivity contribution in [1.82, 2.24) is 13.9 Å². The minimum atomic E-state index is -3.76. The first-order chi connectivity index (χ1) is 15.3. The summed E-state index contributed by atoms with van der Waals surface area (Å²) in [7, 11) is -3.76. The molecule has 1 unspecified atom stereocenters. The zero-order chi connectivity index (χ0) is 22.6. The van der Waals surface area contributed by atoms with Crippen LogP contribution in [-0.4, -0.2) is 33.3 Å². The van der Waals surface area contributed by atoms with Gasteiger partial charge in [0.15, 0.2) is 0 Å². The van der Waals surface area contributed by atoms with Crippen molar-refractivity contribution >= 4 is 38.2 Å². The van der Waals surface area contributed by atoms with Crippen LogP contribution in [0.15, 0.2) is 58.8 Å². The van der Waals surface area contributed by atoms with E-state index in [9.17, 15) is 18.3 Å². The topological polar surface area (TPSA) is 92.5 Å². The average Bonchev–Trinajstić information content (AvgIpc) is 3.35. The van der Waals surface area contributed by atoms with Crippen LogP contribution in [-0.2, 0) is 27.9 Å². The van der Waals surface area contributed by atoms with Gasteiger partial charge in [0.05, 0.1) is 28.2 Å². The van der Waals surface area contributed by atoms with Gasteiger partial charge in [-0.25, -0.2) is 13.4 Å². The molecule has 4 aromatic rings. The Balaban J connectivity index is 1.77. The third kappa shape index (κ3) is 3.16. The number of nitrogens with zero attached hydrogens (tertiary/aromatic N) is 3. The summed E-state index contributed by atoms with van der Waals surface area (Å²) in [4.78, 5) is 16.3. The number of carboxylic acid groups (broad SMARTS) is 1. The lowest BCUT2D eigenvalue weighted by atomic mass is 9.96. The molecular weight excluding hydrogens is 446 g/mol. The Morgan fingerprint density at radius 1 is 1.12 bits per heavy atom. The molecular formula is C23H21N3O4S2. The van der Waals surface area contributed by atoms with E-state index >= 15 is 0 Å². The van der Waals surface area contributed by atoms with Crippen LogP contribution in [0.3, 0.4) is 0 Å². The summed E-state index contributed by atoms with van der Waals surface area (Å²) in [6, 6.07) is 14.0. The Labute approximate surface area is 189 Å². The standard InChI is InChI=1S/C23H21N3O4S2/c1-14-22(17-7-3-5-9-19(17)25(14)12-21(27)28)23-18-8-4-6-10-20(18)32(29,30)26(23)11-16-13-31-15(2)24-16/h3-10,13,23H,11-12H2,1-2H3,(H,27,28). The number of aryl methyl sites for hydroxylation is 1. The van der Waals surface area contributed by atoms with Gasteiger partial charge in [0.25, 0.3) is 0 Å². The van der Waals surface area contributed by atoms with Crippen LogP contribution < -0.4 is 0 Å². The number of thiazole rings is 1. The summed E-state index contributed by atoms with van der Waals surface area (Å²) < 4.78 is 30.5. The lowest BCUT2D eigenvalue weighted by Crippen LogP contribution is -2.29. The van der Waals surface area contributed by atoms with E-state index in [0.717, 1.165) is 27.2 Å². The smallest absolute Gasteiger partial charge is 0.323 e. The number of hydrogen-bond acceptors (Lipinski definition) is 5. The maximum atomic E-state index is 13.6. The zero-order valence-electron chi connectivity index (χ0n) is 17.5. The van der Waals surface area contributed by atoms with Gasteiger partial charge in [-0.15, -0.1) is 11.3 Å². The van der Waals surface area contributed by atoms with Crippen molar-refractivity contribution in [3.8, 4) is 0 Å². The van der Waals surface area contributed by atoms with E-state index in [2.05, 4.69) is 4.98 Å². The van der Waals surface area contributed by atoms with Gasteiger partial charge in [0, 0.05) is 27.5 Å². The number of hydrogen-bond donors (Lipinski definition) is 1. The molecule has 9 heteroatoms. The highest BCUT2D eigenvalue weighted by molar-refractivity contribution is 7.89. The normalized spacial score (nSPS) is 17.6. The molecule has 0 aliphatic carbocycles. The van der Waals surface area contributed by atoms with Crippen molar-refractivity contribution in [2.24, 2.45) is 0 Å². The van der Waals surface area contributed by atoms with Crippen LogP contribution in [0.2, 0.25) is 0 Å². The number of rotatable bonds is 5. The molecule has 32 heavy (non-hydrogen) atoms. The minimum Gasteiger partial charge on any atom is -0.480 e. The SMILES string of the molecule is Cc1nc(CN2C(c3c(C)n(CC(=O)O)c4ccccc34)c3ccccc3S2(=O)=O)cs1. The molecule has 2 aromatic carbocycles. The molecule has 0 amide bonds. The second-order valence-corrected chi connectivity index (χ2v) is 10.8. The van der Waals surface area contributed by atoms with Gasteiger partial charge in [-0.1, -0.05) is 36.4 Å². The van der Waals surface area contributed by atoms with Gasteiger partial charge >= 0.3 is 5.97 Å². The van der Waals surface area contributed by atoms with E-state index in [-0.39, 0.29) is 18.0 Å². The molecule has 1 aliphatic heterocycles. The minimum absolute atomic E-state index is 0.143. The van der Waals surface area contributed by atoms with Crippen LogP contribution in [0.1, 0.15) is 33.6 Å². The highest BCUT2D eigenvalue weighted by atomic mass is 32.2. The summed E-state index contributed by atoms with van der Waals surface area (Å²) in [6.07, 6.45) is 0. The summed E-state index contributed by atoms with van der Waals surface area (Å²) in [6.45, 7) is 3.70. The molecule has 3 heterocycles. The summed E-state index contributed by atoms with van der Waals surface area (Å²) >= 11 is 1.48. The van der Waals surface area contributed by atoms with Crippen molar-refractivity contribution in [3.05, 3.63) is 81.4 Å². The zero-order valence-corrected chi connectivity index (χ0v) is 19.2. The molecule has 1 N–H and O–H groups in total. The van der Waals surface area contributed by atoms with Crippen LogP contribution in [0.25, 0.3) is 10.9 Å². The number of para-hydroxylation sites is 1. The van der Waals surface area contributed by atoms with Crippen molar-refractivity contribution in [3.63, 3.8) is 0 Å². The number of aliphatic carboxylic acids is 1. The van der Waals surface area contributed by atoms with Gasteiger partial charge in [-0.2, -0.15) is 4.31 Å². The van der Waals surface area contributed by atoms with Crippen LogP contribution in [0.4, 0.5) is 0 Å². The number of carbonyl (C=O) groups is 1. The van der Waals surface area contributed by atoms with Crippen molar-refractivity contribution < 1.29 is 18.3 Å². The van der Waals surface area contributed by atoms with Crippen LogP contribution in [0.5, 0.6) is 0 Å². The number of benzene rings is 2. The van der Waals surface area contributed by atoms with Crippen LogP contribution >= 0.6 is 11.3 Å². The van der Waals surface area contributed by atoms with Crippen LogP contribution in [0, 0.1) is 13.8 Å². The van der Waals surface area contributed by atoms with Gasteiger partial charge in [-0.3, -0.25) is 4.79 Å². The Morgan fingerprint density at radius 3 is 2.56 bits per heavy atom. The monoisotopic (exact) mass is 467 g/mol. The highest BCUT2D eigenvalue weighted by Gasteiger charge is 2.45. The molecule has 0 saturated carbocycles. The fourth-order valence-electron chi connectivity index (χ4n) is 4.62. The van der Waals surface area contributed by atoms with Crippen molar-refractivity contribution in [2.75, 3.05) is 0 Å². The third-order valence-corrected chi connectivity index (χ3v) is 8.63. The predicted molar refractivity (Wildman–Crippen MR) is 122 cm³/mol. The Hall–Kier alpha value is -3.01. The van der Waals surface area contributed by atoms with E-state index < -0.39 is 22.0 Å². The summed E-state index contributed by atoms with van der Waals surface area (Å²) in [5, 5.41) is 13.1. The fraction of sp³-hybridized carbons (Fsp3) is 0.217. The lowest BCUT2D eigenvalue weighted by molar-refractivity contribution is -0.137. The maximum absolute atomic E-state index is 13.6. The van der Waals surface area contributed by atoms with Crippen molar-refractivity contribution in [2.45, 2.75) is 37.9 Å². The predicted octanol–water partition coefficient (Wildman–Crippen LogP) is 4.09. The fourth-order valence-corrected chi connectivity index (χ4v) is 7.00. The first-order valence-electron chi connectivity index (χ1n) is 10.1. The first-order valence-corrected chi connectivity index (χ1v) is 12.4. The Morgan fingerprint density at radius 2 is 1.84 bits per heavy atom. The molecule has 0 bridgehead atoms. The Bertz CT molecular complexity index is 1470. The molecule has 164 valence electrons. The average molecular weight is 468 g/mol. The van der Waals surface area contributed by atoms with Gasteiger partial charge < -0.3 is 9.67 Å². The molecule has 7 nitrogen and oxygen atoms in total. The highest BCUT2D eigenvalue weighted by Crippen LogP contribution is 2.47. The van der Waals surface area contributed by atoms with E-state index in [4.69, 9.17) is 0 Å². The number of sulfonamides is 1.